The van der Waals surface area contributed by atoms with E-state index in [-0.39, 0.29) is 11.6 Å². The summed E-state index contributed by atoms with van der Waals surface area (Å²) in [5.74, 6) is 0. The predicted octanol–water partition coefficient (Wildman–Crippen LogP) is 0.861. The summed E-state index contributed by atoms with van der Waals surface area (Å²) in [4.78, 5) is 18.0. The molecule has 0 aliphatic rings. The molecule has 15 heavy (non-hydrogen) atoms. The summed E-state index contributed by atoms with van der Waals surface area (Å²) < 4.78 is 35.9. The van der Waals surface area contributed by atoms with Gasteiger partial charge < -0.3 is 9.59 Å². The molecule has 0 aromatic heterocycles. The van der Waals surface area contributed by atoms with Gasteiger partial charge in [0.1, 0.15) is 0 Å². The summed E-state index contributed by atoms with van der Waals surface area (Å²) in [7, 11) is -2.68. The Labute approximate surface area is 86.8 Å². The Morgan fingerprint density at radius 3 is 2.27 bits per heavy atom. The van der Waals surface area contributed by atoms with Gasteiger partial charge in [0.05, 0.1) is 0 Å². The van der Waals surface area contributed by atoms with Gasteiger partial charge in [-0.15, -0.1) is 0 Å². The lowest BCUT2D eigenvalue weighted by Crippen LogP contribution is -2.33. The van der Waals surface area contributed by atoms with E-state index < -0.39 is 21.9 Å². The predicted molar refractivity (Wildman–Crippen MR) is 50.6 cm³/mol. The molecule has 0 atom stereocenters. The summed E-state index contributed by atoms with van der Waals surface area (Å²) >= 11 is 0. The van der Waals surface area contributed by atoms with E-state index in [2.05, 4.69) is 0 Å². The van der Waals surface area contributed by atoms with E-state index in [0.717, 1.165) is 0 Å². The summed E-state index contributed by atoms with van der Waals surface area (Å²) in [5, 5.41) is 0.228. The molecule has 1 aromatic carbocycles. The highest BCUT2D eigenvalue weighted by atomic mass is 28.3. The van der Waals surface area contributed by atoms with Gasteiger partial charge in [-0.25, -0.2) is 0 Å². The fourth-order valence-corrected chi connectivity index (χ4v) is 1.97. The second-order valence-electron chi connectivity index (χ2n) is 3.10. The number of benzene rings is 1. The molecule has 0 fully saturated rings. The molecule has 0 spiro atoms. The molecule has 0 saturated carbocycles. The fourth-order valence-electron chi connectivity index (χ4n) is 1.23. The molecule has 0 amide bonds. The van der Waals surface area contributed by atoms with Crippen LogP contribution in [0.2, 0.25) is 0 Å². The number of alkyl halides is 3. The first-order valence-corrected chi connectivity index (χ1v) is 5.69. The molecule has 0 unspecified atom stereocenters. The Hall–Kier alpha value is -0.853. The maximum atomic E-state index is 12.0. The van der Waals surface area contributed by atoms with Gasteiger partial charge in [0.15, 0.2) is 0 Å². The Kier molecular flexibility index (Phi) is 3.89. The van der Waals surface area contributed by atoms with Gasteiger partial charge in [-0.2, -0.15) is 13.2 Å². The lowest BCUT2D eigenvalue weighted by molar-refractivity contribution is -0.133. The van der Waals surface area contributed by atoms with E-state index in [1.807, 2.05) is 0 Å². The van der Waals surface area contributed by atoms with E-state index in [4.69, 9.17) is 9.59 Å². The van der Waals surface area contributed by atoms with Crippen molar-refractivity contribution >= 4 is 14.5 Å². The molecule has 2 nitrogen and oxygen atoms in total. The Morgan fingerprint density at radius 2 is 1.73 bits per heavy atom. The minimum atomic E-state index is -4.22. The van der Waals surface area contributed by atoms with E-state index in [1.165, 1.54) is 12.1 Å². The van der Waals surface area contributed by atoms with E-state index in [9.17, 15) is 13.2 Å². The number of hydrogen-bond donors (Lipinski definition) is 2. The minimum absolute atomic E-state index is 0.213. The molecule has 0 aliphatic carbocycles. The van der Waals surface area contributed by atoms with Gasteiger partial charge in [-0.3, -0.25) is 0 Å². The van der Waals surface area contributed by atoms with Crippen molar-refractivity contribution in [3.8, 4) is 0 Å². The van der Waals surface area contributed by atoms with Crippen molar-refractivity contribution < 1.29 is 22.8 Å². The van der Waals surface area contributed by atoms with Gasteiger partial charge in [0, 0.05) is 6.42 Å². The van der Waals surface area contributed by atoms with Crippen LogP contribution < -0.4 is 5.19 Å². The van der Waals surface area contributed by atoms with E-state index >= 15 is 0 Å². The van der Waals surface area contributed by atoms with Crippen LogP contribution in [0.15, 0.2) is 24.3 Å². The van der Waals surface area contributed by atoms with Gasteiger partial charge in [0.2, 0.25) is 0 Å². The van der Waals surface area contributed by atoms with Crippen molar-refractivity contribution in [3.05, 3.63) is 29.8 Å². The third-order valence-corrected chi connectivity index (χ3v) is 2.91. The average molecular weight is 235 g/mol. The monoisotopic (exact) mass is 235 g/mol. The highest BCUT2D eigenvalue weighted by Gasteiger charge is 2.27. The number of aryl methyl sites for hydroxylation is 1. The highest BCUT2D eigenvalue weighted by Crippen LogP contribution is 2.21. The highest BCUT2D eigenvalue weighted by molar-refractivity contribution is 6.59. The zero-order chi connectivity index (χ0) is 11.5. The van der Waals surface area contributed by atoms with Crippen molar-refractivity contribution in [2.45, 2.75) is 19.0 Å². The standard InChI is InChI=1S/C9H10F3O2Si/c10-9(11,12)6-5-7-3-1-2-4-8(7)15(13)14/h1-4,13-14H,5-6H2. The van der Waals surface area contributed by atoms with Crippen molar-refractivity contribution in [2.75, 3.05) is 0 Å². The Morgan fingerprint density at radius 1 is 1.13 bits per heavy atom. The van der Waals surface area contributed by atoms with Crippen LogP contribution in [0.3, 0.4) is 0 Å². The molecule has 1 rings (SSSR count). The molecule has 1 aromatic rings. The zero-order valence-electron chi connectivity index (χ0n) is 7.75. The molecular formula is C9H10F3O2Si. The van der Waals surface area contributed by atoms with Crippen LogP contribution in [0.5, 0.6) is 0 Å². The topological polar surface area (TPSA) is 40.5 Å². The zero-order valence-corrected chi connectivity index (χ0v) is 8.75. The molecule has 0 saturated heterocycles. The van der Waals surface area contributed by atoms with Crippen molar-refractivity contribution in [2.24, 2.45) is 0 Å². The summed E-state index contributed by atoms with van der Waals surface area (Å²) in [5.41, 5.74) is 0.355. The van der Waals surface area contributed by atoms with E-state index in [1.54, 1.807) is 12.1 Å². The van der Waals surface area contributed by atoms with Gasteiger partial charge in [-0.05, 0) is 17.2 Å². The molecule has 6 heteroatoms. The number of rotatable bonds is 3. The molecular weight excluding hydrogens is 225 g/mol. The first-order chi connectivity index (χ1) is 6.90. The van der Waals surface area contributed by atoms with Crippen LogP contribution in [0, 0.1) is 0 Å². The first kappa shape index (κ1) is 12.2. The van der Waals surface area contributed by atoms with Gasteiger partial charge >= 0.3 is 15.5 Å². The summed E-state index contributed by atoms with van der Waals surface area (Å²) in [6.07, 6.45) is -5.38. The Balaban J connectivity index is 2.76. The molecule has 83 valence electrons. The molecule has 0 bridgehead atoms. The molecule has 0 aliphatic heterocycles. The maximum absolute atomic E-state index is 12.0. The van der Waals surface area contributed by atoms with Crippen LogP contribution in [0.1, 0.15) is 12.0 Å². The van der Waals surface area contributed by atoms with Crippen LogP contribution in [0.25, 0.3) is 0 Å². The SMILES string of the molecule is O[Si](O)c1ccccc1CCC(F)(F)F. The van der Waals surface area contributed by atoms with Crippen molar-refractivity contribution in [1.29, 1.82) is 0 Å². The summed E-state index contributed by atoms with van der Waals surface area (Å²) in [6, 6.07) is 6.09. The lowest BCUT2D eigenvalue weighted by atomic mass is 10.1. The van der Waals surface area contributed by atoms with Crippen molar-refractivity contribution in [3.63, 3.8) is 0 Å². The number of hydrogen-bond acceptors (Lipinski definition) is 2. The third-order valence-electron chi connectivity index (χ3n) is 1.94. The van der Waals surface area contributed by atoms with Gasteiger partial charge in [-0.1, -0.05) is 24.3 Å². The fraction of sp³-hybridized carbons (Fsp3) is 0.333. The second kappa shape index (κ2) is 4.78. The lowest BCUT2D eigenvalue weighted by Gasteiger charge is -2.10. The third kappa shape index (κ3) is 4.02. The Bertz CT molecular complexity index is 325. The van der Waals surface area contributed by atoms with Crippen LogP contribution >= 0.6 is 0 Å². The van der Waals surface area contributed by atoms with Crippen LogP contribution in [-0.2, 0) is 6.42 Å². The van der Waals surface area contributed by atoms with Crippen LogP contribution in [-0.4, -0.2) is 25.1 Å². The molecule has 2 N–H and O–H groups in total. The molecule has 0 heterocycles. The smallest absolute Gasteiger partial charge is 0.406 e. The minimum Gasteiger partial charge on any atom is -0.406 e. The second-order valence-corrected chi connectivity index (χ2v) is 4.28. The van der Waals surface area contributed by atoms with E-state index in [0.29, 0.717) is 5.56 Å². The average Bonchev–Trinajstić information content (AvgIpc) is 2.14. The molecule has 1 radical (unpaired) electrons. The van der Waals surface area contributed by atoms with Crippen LogP contribution in [0.4, 0.5) is 13.2 Å². The normalized spacial score (nSPS) is 12.1. The quantitative estimate of drug-likeness (QED) is 0.763. The number of halogens is 3. The summed E-state index contributed by atoms with van der Waals surface area (Å²) in [6.45, 7) is 0. The van der Waals surface area contributed by atoms with Gasteiger partial charge in [0.25, 0.3) is 0 Å². The maximum Gasteiger partial charge on any atom is 0.418 e. The first-order valence-electron chi connectivity index (χ1n) is 4.30. The van der Waals surface area contributed by atoms with Crippen molar-refractivity contribution in [1.82, 2.24) is 0 Å². The largest absolute Gasteiger partial charge is 0.418 e.